The molecule has 0 aromatic heterocycles. The van der Waals surface area contributed by atoms with E-state index in [0.717, 1.165) is 0 Å². The maximum absolute atomic E-state index is 11.5. The number of hydrogen-bond acceptors (Lipinski definition) is 4. The third kappa shape index (κ3) is 3.15. The van der Waals surface area contributed by atoms with Crippen molar-refractivity contribution in [2.24, 2.45) is 5.73 Å². The molecule has 0 bridgehead atoms. The van der Waals surface area contributed by atoms with E-state index >= 15 is 0 Å². The lowest BCUT2D eigenvalue weighted by molar-refractivity contribution is -0.133. The first-order chi connectivity index (χ1) is 6.82. The summed E-state index contributed by atoms with van der Waals surface area (Å²) in [7, 11) is -3.13. The molecule has 1 aliphatic heterocycles. The molecule has 7 heteroatoms. The number of nitrogens with zero attached hydrogens (tertiary/aromatic N) is 2. The first-order valence-corrected chi connectivity index (χ1v) is 6.66. The molecule has 1 atom stereocenters. The number of carbonyl (C=O) groups is 1. The van der Waals surface area contributed by atoms with Gasteiger partial charge < -0.3 is 10.6 Å². The number of sulfonamides is 1. The van der Waals surface area contributed by atoms with Gasteiger partial charge in [-0.1, -0.05) is 0 Å². The molecule has 15 heavy (non-hydrogen) atoms. The number of amides is 1. The Kier molecular flexibility index (Phi) is 3.69. The van der Waals surface area contributed by atoms with Crippen molar-refractivity contribution in [1.29, 1.82) is 0 Å². The van der Waals surface area contributed by atoms with Crippen LogP contribution in [0, 0.1) is 0 Å². The molecule has 1 rings (SSSR count). The van der Waals surface area contributed by atoms with E-state index in [9.17, 15) is 13.2 Å². The minimum atomic E-state index is -3.13. The Labute approximate surface area is 90.1 Å². The number of rotatable bonds is 2. The standard InChI is InChI=1S/C8H17N3O3S/c1-7(9)8(12)10-3-5-11(6-4-10)15(2,13)14/h7H,3-6,9H2,1-2H3. The van der Waals surface area contributed by atoms with Crippen molar-refractivity contribution in [2.45, 2.75) is 13.0 Å². The van der Waals surface area contributed by atoms with Crippen molar-refractivity contribution >= 4 is 15.9 Å². The zero-order valence-electron chi connectivity index (χ0n) is 9.01. The number of carbonyl (C=O) groups excluding carboxylic acids is 1. The first-order valence-electron chi connectivity index (χ1n) is 4.82. The highest BCUT2D eigenvalue weighted by molar-refractivity contribution is 7.88. The second-order valence-electron chi connectivity index (χ2n) is 3.78. The van der Waals surface area contributed by atoms with Crippen LogP contribution in [0.25, 0.3) is 0 Å². The van der Waals surface area contributed by atoms with Crippen molar-refractivity contribution < 1.29 is 13.2 Å². The number of piperazine rings is 1. The maximum atomic E-state index is 11.5. The third-order valence-corrected chi connectivity index (χ3v) is 3.71. The van der Waals surface area contributed by atoms with Gasteiger partial charge >= 0.3 is 0 Å². The molecule has 1 saturated heterocycles. The average molecular weight is 235 g/mol. The second kappa shape index (κ2) is 4.46. The number of nitrogens with two attached hydrogens (primary N) is 1. The van der Waals surface area contributed by atoms with Crippen molar-refractivity contribution in [1.82, 2.24) is 9.21 Å². The molecule has 0 saturated carbocycles. The predicted octanol–water partition coefficient (Wildman–Crippen LogP) is -1.56. The largest absolute Gasteiger partial charge is 0.339 e. The van der Waals surface area contributed by atoms with Crippen LogP contribution in [0.5, 0.6) is 0 Å². The quantitative estimate of drug-likeness (QED) is 0.627. The van der Waals surface area contributed by atoms with Gasteiger partial charge in [0.25, 0.3) is 0 Å². The van der Waals surface area contributed by atoms with E-state index in [1.807, 2.05) is 0 Å². The molecule has 2 N–H and O–H groups in total. The topological polar surface area (TPSA) is 83.7 Å². The zero-order valence-corrected chi connectivity index (χ0v) is 9.83. The van der Waals surface area contributed by atoms with E-state index in [-0.39, 0.29) is 5.91 Å². The van der Waals surface area contributed by atoms with Gasteiger partial charge in [-0.25, -0.2) is 8.42 Å². The van der Waals surface area contributed by atoms with Gasteiger partial charge in [0.2, 0.25) is 15.9 Å². The Morgan fingerprint density at radius 3 is 2.07 bits per heavy atom. The summed E-state index contributed by atoms with van der Waals surface area (Å²) >= 11 is 0. The molecular formula is C8H17N3O3S. The zero-order chi connectivity index (χ0) is 11.6. The molecule has 1 amide bonds. The van der Waals surface area contributed by atoms with Crippen molar-refractivity contribution in [3.05, 3.63) is 0 Å². The predicted molar refractivity (Wildman–Crippen MR) is 56.6 cm³/mol. The molecular weight excluding hydrogens is 218 g/mol. The Morgan fingerprint density at radius 1 is 1.27 bits per heavy atom. The van der Waals surface area contributed by atoms with Crippen LogP contribution in [0.1, 0.15) is 6.92 Å². The monoisotopic (exact) mass is 235 g/mol. The van der Waals surface area contributed by atoms with E-state index in [2.05, 4.69) is 0 Å². The van der Waals surface area contributed by atoms with Crippen LogP contribution in [0.3, 0.4) is 0 Å². The summed E-state index contributed by atoms with van der Waals surface area (Å²) in [5.74, 6) is -0.122. The van der Waals surface area contributed by atoms with E-state index in [1.165, 1.54) is 10.6 Å². The summed E-state index contributed by atoms with van der Waals surface area (Å²) < 4.78 is 23.8. The number of hydrogen-bond donors (Lipinski definition) is 1. The highest BCUT2D eigenvalue weighted by Crippen LogP contribution is 2.06. The summed E-state index contributed by atoms with van der Waals surface area (Å²) in [6.45, 7) is 3.20. The Morgan fingerprint density at radius 2 is 1.73 bits per heavy atom. The second-order valence-corrected chi connectivity index (χ2v) is 5.76. The highest BCUT2D eigenvalue weighted by atomic mass is 32.2. The van der Waals surface area contributed by atoms with Gasteiger partial charge in [0, 0.05) is 26.2 Å². The summed E-state index contributed by atoms with van der Waals surface area (Å²) in [4.78, 5) is 13.1. The lowest BCUT2D eigenvalue weighted by atomic mass is 10.2. The molecule has 1 fully saturated rings. The van der Waals surface area contributed by atoms with Gasteiger partial charge in [-0.15, -0.1) is 0 Å². The van der Waals surface area contributed by atoms with Crippen molar-refractivity contribution in [3.8, 4) is 0 Å². The minimum absolute atomic E-state index is 0.122. The van der Waals surface area contributed by atoms with Gasteiger partial charge in [0.1, 0.15) is 0 Å². The van der Waals surface area contributed by atoms with E-state index in [1.54, 1.807) is 11.8 Å². The molecule has 6 nitrogen and oxygen atoms in total. The van der Waals surface area contributed by atoms with Crippen LogP contribution in [-0.4, -0.2) is 62.0 Å². The molecule has 0 aliphatic carbocycles. The highest BCUT2D eigenvalue weighted by Gasteiger charge is 2.26. The fraction of sp³-hybridized carbons (Fsp3) is 0.875. The maximum Gasteiger partial charge on any atom is 0.239 e. The van der Waals surface area contributed by atoms with Crippen LogP contribution in [0.15, 0.2) is 0 Å². The van der Waals surface area contributed by atoms with Crippen LogP contribution in [0.2, 0.25) is 0 Å². The smallest absolute Gasteiger partial charge is 0.239 e. The lowest BCUT2D eigenvalue weighted by Gasteiger charge is -2.34. The molecule has 1 unspecified atom stereocenters. The summed E-state index contributed by atoms with van der Waals surface area (Å²) in [6.07, 6.45) is 1.18. The summed E-state index contributed by atoms with van der Waals surface area (Å²) in [6, 6.07) is -0.519. The summed E-state index contributed by atoms with van der Waals surface area (Å²) in [5.41, 5.74) is 5.46. The minimum Gasteiger partial charge on any atom is -0.339 e. The fourth-order valence-electron chi connectivity index (χ4n) is 1.53. The van der Waals surface area contributed by atoms with Gasteiger partial charge in [-0.3, -0.25) is 4.79 Å². The SMILES string of the molecule is CC(N)C(=O)N1CCN(S(C)(=O)=O)CC1. The Bertz CT molecular complexity index is 331. The van der Waals surface area contributed by atoms with Crippen LogP contribution in [-0.2, 0) is 14.8 Å². The van der Waals surface area contributed by atoms with Crippen molar-refractivity contribution in [3.63, 3.8) is 0 Å². The lowest BCUT2D eigenvalue weighted by Crippen LogP contribution is -2.53. The summed E-state index contributed by atoms with van der Waals surface area (Å²) in [5, 5.41) is 0. The average Bonchev–Trinajstić information content (AvgIpc) is 2.15. The molecule has 0 aromatic carbocycles. The normalized spacial score (nSPS) is 21.4. The van der Waals surface area contributed by atoms with Crippen LogP contribution < -0.4 is 5.73 Å². The molecule has 88 valence electrons. The first kappa shape index (κ1) is 12.4. The van der Waals surface area contributed by atoms with Gasteiger partial charge in [0.15, 0.2) is 0 Å². The Hall–Kier alpha value is -0.660. The fourth-order valence-corrected chi connectivity index (χ4v) is 2.35. The molecule has 0 radical (unpaired) electrons. The molecule has 1 heterocycles. The Balaban J connectivity index is 2.53. The van der Waals surface area contributed by atoms with Gasteiger partial charge in [-0.05, 0) is 6.92 Å². The molecule has 0 aromatic rings. The molecule has 0 spiro atoms. The van der Waals surface area contributed by atoms with Crippen LogP contribution >= 0.6 is 0 Å². The van der Waals surface area contributed by atoms with Crippen LogP contribution in [0.4, 0.5) is 0 Å². The van der Waals surface area contributed by atoms with Gasteiger partial charge in [0.05, 0.1) is 12.3 Å². The van der Waals surface area contributed by atoms with Gasteiger partial charge in [-0.2, -0.15) is 4.31 Å². The van der Waals surface area contributed by atoms with Crippen molar-refractivity contribution in [2.75, 3.05) is 32.4 Å². The molecule has 1 aliphatic rings. The van der Waals surface area contributed by atoms with E-state index in [0.29, 0.717) is 26.2 Å². The van der Waals surface area contributed by atoms with E-state index < -0.39 is 16.1 Å². The van der Waals surface area contributed by atoms with E-state index in [4.69, 9.17) is 5.73 Å². The third-order valence-electron chi connectivity index (χ3n) is 2.41.